The zero-order chi connectivity index (χ0) is 21.0. The minimum Gasteiger partial charge on any atom is -0.495 e. The number of hydrogen-bond acceptors (Lipinski definition) is 7. The van der Waals surface area contributed by atoms with Crippen molar-refractivity contribution in [3.63, 3.8) is 0 Å². The van der Waals surface area contributed by atoms with Gasteiger partial charge < -0.3 is 14.0 Å². The number of aryl methyl sites for hydroxylation is 1. The van der Waals surface area contributed by atoms with Gasteiger partial charge in [0, 0.05) is 36.8 Å². The summed E-state index contributed by atoms with van der Waals surface area (Å²) in [6.07, 6.45) is 0.710. The number of methoxy groups -OCH3 is 1. The van der Waals surface area contributed by atoms with Crippen molar-refractivity contribution >= 4 is 10.0 Å². The molecule has 0 unspecified atom stereocenters. The van der Waals surface area contributed by atoms with Crippen LogP contribution in [0.3, 0.4) is 0 Å². The Bertz CT molecular complexity index is 936. The molecule has 1 aliphatic heterocycles. The predicted molar refractivity (Wildman–Crippen MR) is 110 cm³/mol. The minimum atomic E-state index is -3.75. The molecule has 160 valence electrons. The van der Waals surface area contributed by atoms with Crippen LogP contribution in [-0.4, -0.2) is 64.5 Å². The number of ether oxygens (including phenoxy) is 2. The molecule has 8 nitrogen and oxygen atoms in total. The van der Waals surface area contributed by atoms with E-state index < -0.39 is 10.0 Å². The number of nitrogens with one attached hydrogen (secondary N) is 1. The van der Waals surface area contributed by atoms with E-state index in [0.717, 1.165) is 37.6 Å². The van der Waals surface area contributed by atoms with Crippen LogP contribution in [0.4, 0.5) is 0 Å². The lowest BCUT2D eigenvalue weighted by molar-refractivity contribution is 0.0190. The Labute approximate surface area is 172 Å². The average Bonchev–Trinajstić information content (AvgIpc) is 3.06. The van der Waals surface area contributed by atoms with Gasteiger partial charge in [-0.25, -0.2) is 13.1 Å². The zero-order valence-electron chi connectivity index (χ0n) is 17.4. The number of benzene rings is 1. The Morgan fingerprint density at radius 2 is 2.00 bits per heavy atom. The van der Waals surface area contributed by atoms with Gasteiger partial charge in [0.1, 0.15) is 10.6 Å². The van der Waals surface area contributed by atoms with Crippen molar-refractivity contribution in [2.75, 3.05) is 40.0 Å². The molecule has 1 aromatic carbocycles. The van der Waals surface area contributed by atoms with Crippen molar-refractivity contribution in [2.45, 2.75) is 38.1 Å². The first-order chi connectivity index (χ1) is 13.8. The summed E-state index contributed by atoms with van der Waals surface area (Å²) in [6, 6.07) is 5.25. The molecule has 1 saturated heterocycles. The fourth-order valence-corrected chi connectivity index (χ4v) is 4.63. The Balaban J connectivity index is 1.74. The molecule has 2 aromatic rings. The van der Waals surface area contributed by atoms with Crippen LogP contribution < -0.4 is 9.46 Å². The molecular formula is C20H29N3O5S. The van der Waals surface area contributed by atoms with Crippen LogP contribution in [-0.2, 0) is 14.8 Å². The van der Waals surface area contributed by atoms with Crippen molar-refractivity contribution in [1.82, 2.24) is 14.8 Å². The lowest BCUT2D eigenvalue weighted by Crippen LogP contribution is -2.43. The summed E-state index contributed by atoms with van der Waals surface area (Å²) in [5.41, 5.74) is 2.30. The maximum absolute atomic E-state index is 13.0. The summed E-state index contributed by atoms with van der Waals surface area (Å²) < 4.78 is 44.7. The van der Waals surface area contributed by atoms with Crippen LogP contribution in [0.2, 0.25) is 0 Å². The summed E-state index contributed by atoms with van der Waals surface area (Å²) in [6.45, 7) is 9.39. The van der Waals surface area contributed by atoms with Gasteiger partial charge in [0.05, 0.1) is 26.0 Å². The van der Waals surface area contributed by atoms with Crippen LogP contribution in [0, 0.1) is 13.8 Å². The molecule has 29 heavy (non-hydrogen) atoms. The van der Waals surface area contributed by atoms with E-state index in [0.29, 0.717) is 24.3 Å². The maximum atomic E-state index is 13.0. The zero-order valence-corrected chi connectivity index (χ0v) is 18.2. The first-order valence-electron chi connectivity index (χ1n) is 9.76. The molecule has 0 aliphatic carbocycles. The number of nitrogens with zero attached hydrogens (tertiary/aromatic N) is 2. The fraction of sp³-hybridized carbons (Fsp3) is 0.550. The van der Waals surface area contributed by atoms with Gasteiger partial charge in [-0.05, 0) is 45.4 Å². The molecule has 0 radical (unpaired) electrons. The molecular weight excluding hydrogens is 394 g/mol. The molecule has 0 bridgehead atoms. The second-order valence-electron chi connectivity index (χ2n) is 7.27. The molecule has 9 heteroatoms. The van der Waals surface area contributed by atoms with E-state index in [9.17, 15) is 8.42 Å². The SMILES string of the molecule is COc1ccc(-c2onc(C)c2C)cc1S(=O)(=O)NCC[C@@H](C)N1CCOCC1. The molecule has 0 spiro atoms. The maximum Gasteiger partial charge on any atom is 0.244 e. The van der Waals surface area contributed by atoms with E-state index in [1.54, 1.807) is 18.2 Å². The Morgan fingerprint density at radius 3 is 2.62 bits per heavy atom. The molecule has 3 rings (SSSR count). The largest absolute Gasteiger partial charge is 0.495 e. The first kappa shape index (κ1) is 21.8. The quantitative estimate of drug-likeness (QED) is 0.696. The highest BCUT2D eigenvalue weighted by molar-refractivity contribution is 7.89. The summed E-state index contributed by atoms with van der Waals surface area (Å²) in [7, 11) is -2.29. The molecule has 1 N–H and O–H groups in total. The number of morpholine rings is 1. The monoisotopic (exact) mass is 423 g/mol. The highest BCUT2D eigenvalue weighted by Crippen LogP contribution is 2.32. The lowest BCUT2D eigenvalue weighted by atomic mass is 10.1. The van der Waals surface area contributed by atoms with E-state index in [-0.39, 0.29) is 16.7 Å². The molecule has 1 fully saturated rings. The van der Waals surface area contributed by atoms with Crippen LogP contribution in [0.1, 0.15) is 24.6 Å². The highest BCUT2D eigenvalue weighted by atomic mass is 32.2. The molecule has 1 atom stereocenters. The van der Waals surface area contributed by atoms with Gasteiger partial charge in [-0.15, -0.1) is 0 Å². The van der Waals surface area contributed by atoms with Crippen LogP contribution in [0.25, 0.3) is 11.3 Å². The van der Waals surface area contributed by atoms with E-state index in [1.807, 2.05) is 13.8 Å². The summed E-state index contributed by atoms with van der Waals surface area (Å²) in [5, 5.41) is 3.96. The molecule has 1 aliphatic rings. The van der Waals surface area contributed by atoms with E-state index in [1.165, 1.54) is 7.11 Å². The van der Waals surface area contributed by atoms with Crippen molar-refractivity contribution in [3.05, 3.63) is 29.5 Å². The summed E-state index contributed by atoms with van der Waals surface area (Å²) in [5.74, 6) is 0.846. The Hall–Kier alpha value is -1.94. The third-order valence-corrected chi connectivity index (χ3v) is 6.88. The van der Waals surface area contributed by atoms with Gasteiger partial charge >= 0.3 is 0 Å². The van der Waals surface area contributed by atoms with Crippen LogP contribution in [0.15, 0.2) is 27.6 Å². The molecule has 0 amide bonds. The first-order valence-corrected chi connectivity index (χ1v) is 11.2. The van der Waals surface area contributed by atoms with Crippen molar-refractivity contribution in [3.8, 4) is 17.1 Å². The third-order valence-electron chi connectivity index (χ3n) is 5.40. The van der Waals surface area contributed by atoms with Crippen molar-refractivity contribution in [1.29, 1.82) is 0 Å². The van der Waals surface area contributed by atoms with Gasteiger partial charge in [0.2, 0.25) is 10.0 Å². The van der Waals surface area contributed by atoms with Gasteiger partial charge in [-0.2, -0.15) is 0 Å². The smallest absolute Gasteiger partial charge is 0.244 e. The van der Waals surface area contributed by atoms with E-state index >= 15 is 0 Å². The van der Waals surface area contributed by atoms with E-state index in [4.69, 9.17) is 14.0 Å². The lowest BCUT2D eigenvalue weighted by Gasteiger charge is -2.32. The summed E-state index contributed by atoms with van der Waals surface area (Å²) in [4.78, 5) is 2.40. The predicted octanol–water partition coefficient (Wildman–Crippen LogP) is 2.36. The Kier molecular flexibility index (Phi) is 6.94. The number of sulfonamides is 1. The van der Waals surface area contributed by atoms with Gasteiger partial charge in [-0.3, -0.25) is 4.90 Å². The second-order valence-corrected chi connectivity index (χ2v) is 9.01. The highest BCUT2D eigenvalue weighted by Gasteiger charge is 2.23. The number of aromatic nitrogens is 1. The number of rotatable bonds is 8. The average molecular weight is 424 g/mol. The topological polar surface area (TPSA) is 93.9 Å². The molecule has 1 aromatic heterocycles. The molecule has 0 saturated carbocycles. The summed E-state index contributed by atoms with van der Waals surface area (Å²) >= 11 is 0. The second kappa shape index (κ2) is 9.25. The van der Waals surface area contributed by atoms with Crippen LogP contribution >= 0.6 is 0 Å². The van der Waals surface area contributed by atoms with Gasteiger partial charge in [0.15, 0.2) is 5.76 Å². The minimum absolute atomic E-state index is 0.0879. The Morgan fingerprint density at radius 1 is 1.28 bits per heavy atom. The van der Waals surface area contributed by atoms with E-state index in [2.05, 4.69) is 21.7 Å². The van der Waals surface area contributed by atoms with Crippen molar-refractivity contribution < 1.29 is 22.4 Å². The fourth-order valence-electron chi connectivity index (χ4n) is 3.39. The van der Waals surface area contributed by atoms with Crippen molar-refractivity contribution in [2.24, 2.45) is 0 Å². The van der Waals surface area contributed by atoms with Crippen LogP contribution in [0.5, 0.6) is 5.75 Å². The normalized spacial score (nSPS) is 16.7. The van der Waals surface area contributed by atoms with Gasteiger partial charge in [0.25, 0.3) is 0 Å². The standard InChI is InChI=1S/C20H29N3O5S/c1-14(23-9-11-27-12-10-23)7-8-21-29(24,25)19-13-17(5-6-18(19)26-4)20-15(2)16(3)22-28-20/h5-6,13-14,21H,7-12H2,1-4H3/t14-/m1/s1. The molecule has 2 heterocycles. The van der Waals surface area contributed by atoms with Gasteiger partial charge in [-0.1, -0.05) is 5.16 Å². The third kappa shape index (κ3) is 4.98. The number of hydrogen-bond donors (Lipinski definition) is 1.